The Morgan fingerprint density at radius 1 is 0.886 bits per heavy atom. The van der Waals surface area contributed by atoms with Gasteiger partial charge in [-0.2, -0.15) is 0 Å². The lowest BCUT2D eigenvalue weighted by molar-refractivity contribution is -0.120. The molecule has 0 aliphatic carbocycles. The van der Waals surface area contributed by atoms with E-state index in [0.717, 1.165) is 10.5 Å². The van der Waals surface area contributed by atoms with Crippen LogP contribution in [0.3, 0.4) is 0 Å². The van der Waals surface area contributed by atoms with Crippen LogP contribution in [0.25, 0.3) is 0 Å². The Bertz CT molecular complexity index is 1350. The highest BCUT2D eigenvalue weighted by Gasteiger charge is 2.40. The highest BCUT2D eigenvalue weighted by Crippen LogP contribution is 2.36. The number of carbonyl (C=O) groups excluding carboxylic acids is 3. The van der Waals surface area contributed by atoms with Gasteiger partial charge in [0.25, 0.3) is 17.7 Å². The maximum absolute atomic E-state index is 13.1. The first-order valence-corrected chi connectivity index (χ1v) is 11.0. The van der Waals surface area contributed by atoms with Crippen molar-refractivity contribution < 1.29 is 23.9 Å². The highest BCUT2D eigenvalue weighted by molar-refractivity contribution is 6.53. The normalized spacial score (nSPS) is 13.2. The second-order valence-electron chi connectivity index (χ2n) is 7.70. The number of benzene rings is 3. The third kappa shape index (κ3) is 4.83. The second-order valence-corrected chi connectivity index (χ2v) is 8.08. The molecule has 35 heavy (non-hydrogen) atoms. The highest BCUT2D eigenvalue weighted by atomic mass is 35.5. The van der Waals surface area contributed by atoms with Gasteiger partial charge < -0.3 is 20.1 Å². The molecular formula is C26H22ClN3O5. The summed E-state index contributed by atoms with van der Waals surface area (Å²) < 4.78 is 10.5. The standard InChI is InChI=1S/C26H22ClN3O5/c1-15-7-12-21(35-3)20(13-15)30-25(32)22(27)23(26(30)33)28-17-10-8-16(9-11-17)24(31)29-18-5-4-6-19(14-18)34-2/h4-14,28H,1-3H3,(H,29,31). The van der Waals surface area contributed by atoms with Crippen molar-refractivity contribution in [2.75, 3.05) is 29.8 Å². The van der Waals surface area contributed by atoms with E-state index in [2.05, 4.69) is 10.6 Å². The molecule has 2 N–H and O–H groups in total. The number of hydrogen-bond donors (Lipinski definition) is 2. The van der Waals surface area contributed by atoms with E-state index < -0.39 is 11.8 Å². The number of halogens is 1. The van der Waals surface area contributed by atoms with Crippen LogP contribution in [0.4, 0.5) is 17.1 Å². The van der Waals surface area contributed by atoms with Gasteiger partial charge in [0.05, 0.1) is 19.9 Å². The minimum Gasteiger partial charge on any atom is -0.497 e. The zero-order chi connectivity index (χ0) is 25.1. The number of nitrogens with zero attached hydrogens (tertiary/aromatic N) is 1. The third-order valence-corrected chi connectivity index (χ3v) is 5.70. The van der Waals surface area contributed by atoms with Crippen LogP contribution in [0.2, 0.25) is 0 Å². The van der Waals surface area contributed by atoms with E-state index in [4.69, 9.17) is 21.1 Å². The van der Waals surface area contributed by atoms with Crippen LogP contribution < -0.4 is 25.0 Å². The number of nitrogens with one attached hydrogen (secondary N) is 2. The predicted molar refractivity (Wildman–Crippen MR) is 134 cm³/mol. The number of hydrogen-bond acceptors (Lipinski definition) is 6. The zero-order valence-electron chi connectivity index (χ0n) is 19.2. The molecule has 4 rings (SSSR count). The molecule has 0 bridgehead atoms. The van der Waals surface area contributed by atoms with E-state index in [1.54, 1.807) is 67.8 Å². The minimum atomic E-state index is -0.655. The number of aryl methyl sites for hydroxylation is 1. The molecule has 3 amide bonds. The number of imide groups is 1. The fourth-order valence-electron chi connectivity index (χ4n) is 3.56. The van der Waals surface area contributed by atoms with Gasteiger partial charge in [0.2, 0.25) is 0 Å². The van der Waals surface area contributed by atoms with Crippen molar-refractivity contribution in [2.45, 2.75) is 6.92 Å². The summed E-state index contributed by atoms with van der Waals surface area (Å²) in [6, 6.07) is 18.6. The number of ether oxygens (including phenoxy) is 2. The maximum Gasteiger partial charge on any atom is 0.283 e. The molecule has 0 saturated heterocycles. The Kier molecular flexibility index (Phi) is 6.75. The second kappa shape index (κ2) is 9.90. The summed E-state index contributed by atoms with van der Waals surface area (Å²) in [5.41, 5.74) is 2.57. The lowest BCUT2D eigenvalue weighted by Crippen LogP contribution is -2.32. The van der Waals surface area contributed by atoms with Crippen LogP contribution in [0.15, 0.2) is 77.5 Å². The lowest BCUT2D eigenvalue weighted by atomic mass is 10.1. The van der Waals surface area contributed by atoms with Crippen molar-refractivity contribution in [3.05, 3.63) is 88.6 Å². The van der Waals surface area contributed by atoms with E-state index in [-0.39, 0.29) is 16.6 Å². The summed E-state index contributed by atoms with van der Waals surface area (Å²) in [5, 5.41) is 5.46. The molecule has 178 valence electrons. The molecule has 8 nitrogen and oxygen atoms in total. The zero-order valence-corrected chi connectivity index (χ0v) is 20.0. The SMILES string of the molecule is COc1cccc(NC(=O)c2ccc(NC3=C(Cl)C(=O)N(c4cc(C)ccc4OC)C3=O)cc2)c1. The Labute approximate surface area is 207 Å². The molecule has 9 heteroatoms. The monoisotopic (exact) mass is 491 g/mol. The maximum atomic E-state index is 13.1. The predicted octanol–water partition coefficient (Wildman–Crippen LogP) is 4.70. The van der Waals surface area contributed by atoms with Gasteiger partial charge in [-0.1, -0.05) is 23.7 Å². The van der Waals surface area contributed by atoms with E-state index in [9.17, 15) is 14.4 Å². The van der Waals surface area contributed by atoms with Crippen LogP contribution in [0.1, 0.15) is 15.9 Å². The molecule has 0 fully saturated rings. The van der Waals surface area contributed by atoms with Gasteiger partial charge in [0, 0.05) is 23.0 Å². The fraction of sp³-hybridized carbons (Fsp3) is 0.115. The average Bonchev–Trinajstić information content (AvgIpc) is 3.07. The summed E-state index contributed by atoms with van der Waals surface area (Å²) in [4.78, 5) is 39.5. The summed E-state index contributed by atoms with van der Waals surface area (Å²) in [6.07, 6.45) is 0. The summed E-state index contributed by atoms with van der Waals surface area (Å²) >= 11 is 6.24. The van der Waals surface area contributed by atoms with Gasteiger partial charge in [-0.3, -0.25) is 14.4 Å². The van der Waals surface area contributed by atoms with Crippen molar-refractivity contribution in [1.82, 2.24) is 0 Å². The Morgan fingerprint density at radius 3 is 2.31 bits per heavy atom. The Balaban J connectivity index is 1.50. The van der Waals surface area contributed by atoms with Crippen molar-refractivity contribution in [1.29, 1.82) is 0 Å². The van der Waals surface area contributed by atoms with Crippen LogP contribution in [-0.2, 0) is 9.59 Å². The van der Waals surface area contributed by atoms with Gasteiger partial charge in [-0.25, -0.2) is 4.90 Å². The molecule has 0 saturated carbocycles. The van der Waals surface area contributed by atoms with Crippen LogP contribution in [-0.4, -0.2) is 31.9 Å². The van der Waals surface area contributed by atoms with Crippen molar-refractivity contribution >= 4 is 46.4 Å². The van der Waals surface area contributed by atoms with Crippen LogP contribution in [0, 0.1) is 6.92 Å². The lowest BCUT2D eigenvalue weighted by Gasteiger charge is -2.18. The van der Waals surface area contributed by atoms with Crippen LogP contribution in [0.5, 0.6) is 11.5 Å². The molecule has 1 aliphatic heterocycles. The van der Waals surface area contributed by atoms with Gasteiger partial charge in [0.15, 0.2) is 0 Å². The fourth-order valence-corrected chi connectivity index (χ4v) is 3.77. The number of methoxy groups -OCH3 is 2. The van der Waals surface area contributed by atoms with E-state index >= 15 is 0 Å². The molecule has 3 aromatic rings. The third-order valence-electron chi connectivity index (χ3n) is 5.35. The van der Waals surface area contributed by atoms with Gasteiger partial charge in [-0.15, -0.1) is 0 Å². The number of amides is 3. The average molecular weight is 492 g/mol. The summed E-state index contributed by atoms with van der Waals surface area (Å²) in [5.74, 6) is -0.581. The van der Waals surface area contributed by atoms with Gasteiger partial charge >= 0.3 is 0 Å². The molecular weight excluding hydrogens is 470 g/mol. The molecule has 0 atom stereocenters. The van der Waals surface area contributed by atoms with E-state index in [1.807, 2.05) is 13.0 Å². The minimum absolute atomic E-state index is 0.0613. The topological polar surface area (TPSA) is 97.0 Å². The molecule has 0 aromatic heterocycles. The van der Waals surface area contributed by atoms with Crippen LogP contribution >= 0.6 is 11.6 Å². The van der Waals surface area contributed by atoms with Crippen molar-refractivity contribution in [2.24, 2.45) is 0 Å². The number of anilines is 3. The van der Waals surface area contributed by atoms with E-state index in [1.165, 1.54) is 7.11 Å². The molecule has 0 unspecified atom stereocenters. The molecule has 0 radical (unpaired) electrons. The molecule has 0 spiro atoms. The summed E-state index contributed by atoms with van der Waals surface area (Å²) in [7, 11) is 3.01. The molecule has 1 aliphatic rings. The number of rotatable bonds is 7. The van der Waals surface area contributed by atoms with Crippen molar-refractivity contribution in [3.63, 3.8) is 0 Å². The first kappa shape index (κ1) is 23.8. The Hall–Kier alpha value is -4.30. The number of carbonyl (C=O) groups is 3. The van der Waals surface area contributed by atoms with Gasteiger partial charge in [0.1, 0.15) is 22.2 Å². The van der Waals surface area contributed by atoms with Crippen molar-refractivity contribution in [3.8, 4) is 11.5 Å². The quantitative estimate of drug-likeness (QED) is 0.465. The smallest absolute Gasteiger partial charge is 0.283 e. The molecule has 1 heterocycles. The van der Waals surface area contributed by atoms with Gasteiger partial charge in [-0.05, 0) is 61.0 Å². The first-order valence-electron chi connectivity index (χ1n) is 10.6. The molecule has 3 aromatic carbocycles. The first-order chi connectivity index (χ1) is 16.8. The Morgan fingerprint density at radius 2 is 1.63 bits per heavy atom. The van der Waals surface area contributed by atoms with E-state index in [0.29, 0.717) is 34.1 Å². The largest absolute Gasteiger partial charge is 0.497 e. The summed E-state index contributed by atoms with van der Waals surface area (Å²) in [6.45, 7) is 1.84.